The maximum atomic E-state index is 9.25. The molecule has 2 heteroatoms. The Bertz CT molecular complexity index is 3110. The Kier molecular flexibility index (Phi) is 8.34. The highest BCUT2D eigenvalue weighted by Crippen LogP contribution is 2.52. The van der Waals surface area contributed by atoms with E-state index in [9.17, 15) is 5.41 Å². The summed E-state index contributed by atoms with van der Waals surface area (Å²) in [5, 5.41) is 16.4. The first-order chi connectivity index (χ1) is 27.9. The first-order valence-electron chi connectivity index (χ1n) is 19.6. The molecule has 0 saturated heterocycles. The molecule has 0 unspecified atom stereocenters. The van der Waals surface area contributed by atoms with E-state index in [2.05, 4.69) is 153 Å². The van der Waals surface area contributed by atoms with Gasteiger partial charge in [-0.05, 0) is 107 Å². The predicted molar refractivity (Wildman–Crippen MR) is 243 cm³/mol. The molecule has 0 radical (unpaired) electrons. The van der Waals surface area contributed by atoms with Crippen molar-refractivity contribution >= 4 is 49.9 Å². The number of benzene rings is 9. The summed E-state index contributed by atoms with van der Waals surface area (Å²) >= 11 is 0. The molecule has 1 aliphatic carbocycles. The van der Waals surface area contributed by atoms with Gasteiger partial charge in [0.05, 0.1) is 11.4 Å². The topological polar surface area (TPSA) is 36.2 Å². The van der Waals surface area contributed by atoms with Gasteiger partial charge in [-0.2, -0.15) is 0 Å². The van der Waals surface area contributed by atoms with E-state index < -0.39 is 0 Å². The minimum atomic E-state index is -0.104. The quantitative estimate of drug-likeness (QED) is 0.159. The molecule has 2 nitrogen and oxygen atoms in total. The van der Waals surface area contributed by atoms with Crippen LogP contribution in [0.1, 0.15) is 41.7 Å². The molecule has 1 aliphatic rings. The number of allylic oxidation sites excluding steroid dienone is 1. The van der Waals surface area contributed by atoms with Crippen molar-refractivity contribution in [2.24, 2.45) is 4.99 Å². The molecule has 57 heavy (non-hydrogen) atoms. The largest absolute Gasteiger partial charge is 0.300 e. The van der Waals surface area contributed by atoms with E-state index in [4.69, 9.17) is 4.99 Å². The summed E-state index contributed by atoms with van der Waals surface area (Å²) < 4.78 is 0. The standard InChI is InChI=1S/C55H40N2/c1-55(2)50-30-26-38-16-8-9-20-45(38)54(50)49-27-25-41(33-51(49)55)40-18-12-19-42(31-40)44-28-29-48(47-22-11-10-21-46(44)47)53(57-35-36-13-4-3-5-14-36)34-52(56)43-24-23-37-15-6-7-17-39(37)32-43/h3-35,56H,1-2H3/b53-34-,56-52?,57-35?. The summed E-state index contributed by atoms with van der Waals surface area (Å²) in [4.78, 5) is 5.07. The van der Waals surface area contributed by atoms with Crippen molar-refractivity contribution in [3.8, 4) is 33.4 Å². The first kappa shape index (κ1) is 34.3. The molecule has 0 atom stereocenters. The van der Waals surface area contributed by atoms with Crippen LogP contribution in [0.15, 0.2) is 199 Å². The second kappa shape index (κ2) is 13.8. The smallest absolute Gasteiger partial charge is 0.0729 e. The lowest BCUT2D eigenvalue weighted by Crippen LogP contribution is -2.15. The maximum Gasteiger partial charge on any atom is 0.0729 e. The minimum absolute atomic E-state index is 0.104. The van der Waals surface area contributed by atoms with Gasteiger partial charge in [-0.1, -0.05) is 184 Å². The highest BCUT2D eigenvalue weighted by molar-refractivity contribution is 6.14. The molecule has 10 rings (SSSR count). The summed E-state index contributed by atoms with van der Waals surface area (Å²) in [5.74, 6) is 0. The Morgan fingerprint density at radius 3 is 2.00 bits per heavy atom. The fraction of sp³-hybridized carbons (Fsp3) is 0.0545. The fourth-order valence-corrected chi connectivity index (χ4v) is 8.77. The van der Waals surface area contributed by atoms with Crippen molar-refractivity contribution in [1.82, 2.24) is 0 Å². The van der Waals surface area contributed by atoms with Crippen LogP contribution in [0.4, 0.5) is 0 Å². The van der Waals surface area contributed by atoms with Gasteiger partial charge in [0.2, 0.25) is 0 Å². The highest BCUT2D eigenvalue weighted by atomic mass is 14.7. The van der Waals surface area contributed by atoms with Crippen molar-refractivity contribution in [2.75, 3.05) is 0 Å². The molecular formula is C55H40N2. The highest BCUT2D eigenvalue weighted by Gasteiger charge is 2.36. The number of hydrogen-bond donors (Lipinski definition) is 1. The summed E-state index contributed by atoms with van der Waals surface area (Å²) in [6.07, 6.45) is 3.80. The number of aliphatic imine (C=N–C) groups is 1. The van der Waals surface area contributed by atoms with Gasteiger partial charge in [-0.25, -0.2) is 0 Å². The second-order valence-corrected chi connectivity index (χ2v) is 15.6. The predicted octanol–water partition coefficient (Wildman–Crippen LogP) is 14.3. The van der Waals surface area contributed by atoms with Crippen LogP contribution >= 0.6 is 0 Å². The van der Waals surface area contributed by atoms with Gasteiger partial charge in [0.15, 0.2) is 0 Å². The normalized spacial score (nSPS) is 13.3. The van der Waals surface area contributed by atoms with Crippen LogP contribution in [-0.2, 0) is 5.41 Å². The van der Waals surface area contributed by atoms with E-state index in [1.165, 1.54) is 44.2 Å². The lowest BCUT2D eigenvalue weighted by molar-refractivity contribution is 0.661. The van der Waals surface area contributed by atoms with Gasteiger partial charge in [0.25, 0.3) is 0 Å². The van der Waals surface area contributed by atoms with Crippen LogP contribution in [0.25, 0.3) is 71.4 Å². The second-order valence-electron chi connectivity index (χ2n) is 15.6. The molecule has 0 heterocycles. The van der Waals surface area contributed by atoms with Crippen LogP contribution in [-0.4, -0.2) is 11.9 Å². The number of rotatable bonds is 7. The van der Waals surface area contributed by atoms with E-state index in [0.717, 1.165) is 55.1 Å². The average Bonchev–Trinajstić information content (AvgIpc) is 3.50. The molecule has 0 spiro atoms. The zero-order valence-corrected chi connectivity index (χ0v) is 32.0. The lowest BCUT2D eigenvalue weighted by Gasteiger charge is -2.22. The first-order valence-corrected chi connectivity index (χ1v) is 19.6. The average molecular weight is 729 g/mol. The third-order valence-corrected chi connectivity index (χ3v) is 11.8. The molecule has 1 N–H and O–H groups in total. The van der Waals surface area contributed by atoms with Crippen LogP contribution in [0.2, 0.25) is 0 Å². The molecule has 0 aromatic heterocycles. The molecule has 0 amide bonds. The Balaban J connectivity index is 1.05. The van der Waals surface area contributed by atoms with E-state index in [1.54, 1.807) is 0 Å². The zero-order valence-electron chi connectivity index (χ0n) is 32.0. The van der Waals surface area contributed by atoms with Crippen molar-refractivity contribution in [3.63, 3.8) is 0 Å². The Morgan fingerprint density at radius 1 is 0.491 bits per heavy atom. The maximum absolute atomic E-state index is 9.25. The SMILES string of the molecule is CC1(C)c2cc(-c3cccc(-c4ccc(/C(=C/C(=N)c5ccc6ccccc6c5)N=Cc5ccccc5)c5ccccc45)c3)ccc2-c2c1ccc1ccccc21. The molecule has 9 aromatic rings. The van der Waals surface area contributed by atoms with Crippen molar-refractivity contribution < 1.29 is 0 Å². The minimum Gasteiger partial charge on any atom is -0.300 e. The molecular weight excluding hydrogens is 689 g/mol. The third-order valence-electron chi connectivity index (χ3n) is 11.8. The number of hydrogen-bond acceptors (Lipinski definition) is 2. The Hall–Kier alpha value is -7.16. The van der Waals surface area contributed by atoms with Gasteiger partial charge in [0.1, 0.15) is 0 Å². The van der Waals surface area contributed by atoms with Crippen molar-refractivity contribution in [1.29, 1.82) is 5.41 Å². The molecule has 0 saturated carbocycles. The Labute approximate surface area is 333 Å². The van der Waals surface area contributed by atoms with E-state index in [1.807, 2.05) is 60.8 Å². The van der Waals surface area contributed by atoms with E-state index in [-0.39, 0.29) is 5.41 Å². The summed E-state index contributed by atoms with van der Waals surface area (Å²) in [6.45, 7) is 4.71. The van der Waals surface area contributed by atoms with Crippen LogP contribution in [0.5, 0.6) is 0 Å². The van der Waals surface area contributed by atoms with Gasteiger partial charge >= 0.3 is 0 Å². The van der Waals surface area contributed by atoms with Gasteiger partial charge < -0.3 is 5.41 Å². The monoisotopic (exact) mass is 728 g/mol. The number of fused-ring (bicyclic) bond motifs is 7. The molecule has 0 fully saturated rings. The van der Waals surface area contributed by atoms with Crippen LogP contribution < -0.4 is 0 Å². The summed E-state index contributed by atoms with van der Waals surface area (Å²) in [5.41, 5.74) is 14.1. The zero-order chi connectivity index (χ0) is 38.5. The fourth-order valence-electron chi connectivity index (χ4n) is 8.77. The molecule has 0 aliphatic heterocycles. The molecule has 270 valence electrons. The molecule has 0 bridgehead atoms. The van der Waals surface area contributed by atoms with Gasteiger partial charge in [-0.15, -0.1) is 0 Å². The lowest BCUT2D eigenvalue weighted by atomic mass is 9.81. The van der Waals surface area contributed by atoms with Crippen molar-refractivity contribution in [2.45, 2.75) is 19.3 Å². The van der Waals surface area contributed by atoms with E-state index in [0.29, 0.717) is 5.71 Å². The summed E-state index contributed by atoms with van der Waals surface area (Å²) in [6, 6.07) is 66.9. The van der Waals surface area contributed by atoms with Crippen LogP contribution in [0, 0.1) is 5.41 Å². The van der Waals surface area contributed by atoms with Gasteiger partial charge in [-0.3, -0.25) is 4.99 Å². The third kappa shape index (κ3) is 6.07. The van der Waals surface area contributed by atoms with Gasteiger partial charge in [0, 0.05) is 22.8 Å². The van der Waals surface area contributed by atoms with E-state index >= 15 is 0 Å². The number of nitrogens with zero attached hydrogens (tertiary/aromatic N) is 1. The number of nitrogens with one attached hydrogen (secondary N) is 1. The molecule has 9 aromatic carbocycles. The Morgan fingerprint density at radius 2 is 1.16 bits per heavy atom. The summed E-state index contributed by atoms with van der Waals surface area (Å²) in [7, 11) is 0. The van der Waals surface area contributed by atoms with Crippen molar-refractivity contribution in [3.05, 3.63) is 222 Å². The van der Waals surface area contributed by atoms with Crippen LogP contribution in [0.3, 0.4) is 0 Å².